The van der Waals surface area contributed by atoms with Gasteiger partial charge in [0, 0.05) is 55.4 Å². The van der Waals surface area contributed by atoms with E-state index >= 15 is 0 Å². The molecule has 0 unspecified atom stereocenters. The van der Waals surface area contributed by atoms with Gasteiger partial charge >= 0.3 is 0 Å². The van der Waals surface area contributed by atoms with Crippen molar-refractivity contribution in [1.29, 1.82) is 0 Å². The molecule has 5 heteroatoms. The molecule has 152 valence electrons. The molecule has 0 spiro atoms. The molecule has 0 bridgehead atoms. The zero-order valence-corrected chi connectivity index (χ0v) is 17.1. The molecule has 0 fully saturated rings. The third kappa shape index (κ3) is 3.53. The summed E-state index contributed by atoms with van der Waals surface area (Å²) in [6, 6.07) is 19.9. The minimum absolute atomic E-state index is 0.0579. The van der Waals surface area contributed by atoms with Crippen LogP contribution in [0, 0.1) is 0 Å². The van der Waals surface area contributed by atoms with Gasteiger partial charge in [0.2, 0.25) is 0 Å². The summed E-state index contributed by atoms with van der Waals surface area (Å²) in [6.45, 7) is 2.93. The van der Waals surface area contributed by atoms with Crippen LogP contribution in [0.15, 0.2) is 71.7 Å². The lowest BCUT2D eigenvalue weighted by Gasteiger charge is -2.14. The number of fused-ring (bicyclic) bond motifs is 3. The van der Waals surface area contributed by atoms with E-state index in [1.165, 1.54) is 22.2 Å². The van der Waals surface area contributed by atoms with E-state index in [1.54, 1.807) is 10.6 Å². The van der Waals surface area contributed by atoms with Gasteiger partial charge < -0.3 is 19.2 Å². The van der Waals surface area contributed by atoms with Gasteiger partial charge in [-0.25, -0.2) is 0 Å². The summed E-state index contributed by atoms with van der Waals surface area (Å²) >= 11 is 0. The van der Waals surface area contributed by atoms with Crippen LogP contribution in [0.1, 0.15) is 22.4 Å². The van der Waals surface area contributed by atoms with Gasteiger partial charge in [-0.05, 0) is 34.9 Å². The number of hydrogen-bond acceptors (Lipinski definition) is 3. The van der Waals surface area contributed by atoms with Gasteiger partial charge in [-0.15, -0.1) is 0 Å². The van der Waals surface area contributed by atoms with Crippen LogP contribution in [-0.2, 0) is 33.2 Å². The molecule has 2 aromatic heterocycles. The standard InChI is InChI=1S/C25H25N3O2/c1-27-23-8-7-19(13-21(23)22-15-26-11-9-24(22)27)16-28-12-10-20(14-25(28)29)30-17-18-5-3-2-4-6-18/h2-8,10,12-14,26H,9,11,15-17H2,1H3. The Balaban J connectivity index is 1.36. The average molecular weight is 399 g/mol. The van der Waals surface area contributed by atoms with Gasteiger partial charge in [0.05, 0.1) is 6.54 Å². The lowest BCUT2D eigenvalue weighted by molar-refractivity contribution is 0.305. The highest BCUT2D eigenvalue weighted by atomic mass is 16.5. The summed E-state index contributed by atoms with van der Waals surface area (Å²) in [4.78, 5) is 12.6. The zero-order valence-electron chi connectivity index (χ0n) is 17.1. The fraction of sp³-hybridized carbons (Fsp3) is 0.240. The predicted octanol–water partition coefficient (Wildman–Crippen LogP) is 3.61. The fourth-order valence-electron chi connectivity index (χ4n) is 4.30. The number of nitrogens with zero attached hydrogens (tertiary/aromatic N) is 2. The van der Waals surface area contributed by atoms with Crippen molar-refractivity contribution in [3.63, 3.8) is 0 Å². The van der Waals surface area contributed by atoms with Crippen LogP contribution >= 0.6 is 0 Å². The Morgan fingerprint density at radius 2 is 1.90 bits per heavy atom. The van der Waals surface area contributed by atoms with Crippen molar-refractivity contribution in [3.8, 4) is 5.75 Å². The van der Waals surface area contributed by atoms with E-state index in [9.17, 15) is 4.79 Å². The summed E-state index contributed by atoms with van der Waals surface area (Å²) in [6.07, 6.45) is 2.87. The summed E-state index contributed by atoms with van der Waals surface area (Å²) in [5.74, 6) is 0.596. The Morgan fingerprint density at radius 1 is 1.03 bits per heavy atom. The van der Waals surface area contributed by atoms with E-state index in [-0.39, 0.29) is 5.56 Å². The van der Waals surface area contributed by atoms with E-state index in [4.69, 9.17) is 4.74 Å². The number of rotatable bonds is 5. The Morgan fingerprint density at radius 3 is 2.73 bits per heavy atom. The molecule has 0 radical (unpaired) electrons. The molecular formula is C25H25N3O2. The molecule has 0 saturated heterocycles. The summed E-state index contributed by atoms with van der Waals surface area (Å²) < 4.78 is 9.81. The molecule has 0 aliphatic carbocycles. The second-order valence-corrected chi connectivity index (χ2v) is 7.87. The van der Waals surface area contributed by atoms with Crippen molar-refractivity contribution in [1.82, 2.24) is 14.5 Å². The first kappa shape index (κ1) is 18.7. The van der Waals surface area contributed by atoms with Crippen LogP contribution < -0.4 is 15.6 Å². The van der Waals surface area contributed by atoms with Crippen LogP contribution in [0.2, 0.25) is 0 Å². The van der Waals surface area contributed by atoms with Crippen LogP contribution in [0.25, 0.3) is 10.9 Å². The van der Waals surface area contributed by atoms with E-state index < -0.39 is 0 Å². The van der Waals surface area contributed by atoms with Crippen molar-refractivity contribution in [2.75, 3.05) is 6.54 Å². The molecule has 3 heterocycles. The summed E-state index contributed by atoms with van der Waals surface area (Å²) in [7, 11) is 2.14. The van der Waals surface area contributed by atoms with E-state index in [0.717, 1.165) is 30.6 Å². The summed E-state index contributed by atoms with van der Waals surface area (Å²) in [5, 5.41) is 4.76. The van der Waals surface area contributed by atoms with Crippen LogP contribution in [0.4, 0.5) is 0 Å². The number of ether oxygens (including phenoxy) is 1. The number of nitrogens with one attached hydrogen (secondary N) is 1. The molecule has 4 aromatic rings. The predicted molar refractivity (Wildman–Crippen MR) is 119 cm³/mol. The zero-order chi connectivity index (χ0) is 20.5. The number of hydrogen-bond donors (Lipinski definition) is 1. The monoisotopic (exact) mass is 399 g/mol. The Kier molecular flexibility index (Phi) is 4.89. The highest BCUT2D eigenvalue weighted by molar-refractivity contribution is 5.86. The molecule has 0 atom stereocenters. The topological polar surface area (TPSA) is 48.2 Å². The van der Waals surface area contributed by atoms with E-state index in [2.05, 4.69) is 35.1 Å². The SMILES string of the molecule is Cn1c2c(c3cc(Cn4ccc(OCc5ccccc5)cc4=O)ccc31)CNCC2. The van der Waals surface area contributed by atoms with Crippen LogP contribution in [-0.4, -0.2) is 15.7 Å². The van der Waals surface area contributed by atoms with Crippen LogP contribution in [0.3, 0.4) is 0 Å². The number of aryl methyl sites for hydroxylation is 1. The second-order valence-electron chi connectivity index (χ2n) is 7.87. The molecule has 30 heavy (non-hydrogen) atoms. The molecule has 1 aliphatic rings. The third-order valence-electron chi connectivity index (χ3n) is 5.91. The number of pyridine rings is 1. The number of aromatic nitrogens is 2. The lowest BCUT2D eigenvalue weighted by atomic mass is 10.0. The molecule has 5 rings (SSSR count). The molecule has 2 aromatic carbocycles. The Labute approximate surface area is 175 Å². The molecule has 0 amide bonds. The maximum Gasteiger partial charge on any atom is 0.254 e. The summed E-state index contributed by atoms with van der Waals surface area (Å²) in [5.41, 5.74) is 6.20. The first-order chi connectivity index (χ1) is 14.7. The average Bonchev–Trinajstić information content (AvgIpc) is 3.07. The fourth-order valence-corrected chi connectivity index (χ4v) is 4.30. The highest BCUT2D eigenvalue weighted by Crippen LogP contribution is 2.28. The first-order valence-corrected chi connectivity index (χ1v) is 10.4. The minimum Gasteiger partial charge on any atom is -0.489 e. The van der Waals surface area contributed by atoms with Gasteiger partial charge in [-0.3, -0.25) is 4.79 Å². The van der Waals surface area contributed by atoms with Crippen molar-refractivity contribution < 1.29 is 4.74 Å². The molecule has 0 saturated carbocycles. The molecule has 1 N–H and O–H groups in total. The normalized spacial score (nSPS) is 13.4. The van der Waals surface area contributed by atoms with Crippen molar-refractivity contribution in [2.45, 2.75) is 26.1 Å². The van der Waals surface area contributed by atoms with Gasteiger partial charge in [0.1, 0.15) is 12.4 Å². The Bertz CT molecular complexity index is 1250. The highest BCUT2D eigenvalue weighted by Gasteiger charge is 2.18. The molecule has 1 aliphatic heterocycles. The molecule has 5 nitrogen and oxygen atoms in total. The molecular weight excluding hydrogens is 374 g/mol. The van der Waals surface area contributed by atoms with Gasteiger partial charge in [-0.2, -0.15) is 0 Å². The Hall–Kier alpha value is -3.31. The lowest BCUT2D eigenvalue weighted by Crippen LogP contribution is -2.24. The van der Waals surface area contributed by atoms with Gasteiger partial charge in [-0.1, -0.05) is 36.4 Å². The van der Waals surface area contributed by atoms with E-state index in [0.29, 0.717) is 18.9 Å². The van der Waals surface area contributed by atoms with E-state index in [1.807, 2.05) is 42.6 Å². The quantitative estimate of drug-likeness (QED) is 0.558. The number of benzene rings is 2. The maximum atomic E-state index is 12.6. The van der Waals surface area contributed by atoms with Gasteiger partial charge in [0.25, 0.3) is 5.56 Å². The first-order valence-electron chi connectivity index (χ1n) is 10.4. The van der Waals surface area contributed by atoms with Crippen molar-refractivity contribution in [3.05, 3.63) is 99.6 Å². The second kappa shape index (κ2) is 7.84. The maximum absolute atomic E-state index is 12.6. The van der Waals surface area contributed by atoms with Crippen LogP contribution in [0.5, 0.6) is 5.75 Å². The third-order valence-corrected chi connectivity index (χ3v) is 5.91. The largest absolute Gasteiger partial charge is 0.489 e. The van der Waals surface area contributed by atoms with Gasteiger partial charge in [0.15, 0.2) is 0 Å². The van der Waals surface area contributed by atoms with Crippen molar-refractivity contribution in [2.24, 2.45) is 7.05 Å². The minimum atomic E-state index is -0.0579. The smallest absolute Gasteiger partial charge is 0.254 e. The van der Waals surface area contributed by atoms with Crippen molar-refractivity contribution >= 4 is 10.9 Å².